The van der Waals surface area contributed by atoms with Crippen molar-refractivity contribution in [3.05, 3.63) is 58.1 Å². The van der Waals surface area contributed by atoms with Gasteiger partial charge in [-0.1, -0.05) is 43.6 Å². The summed E-state index contributed by atoms with van der Waals surface area (Å²) in [4.78, 5) is 2.51. The first-order valence-corrected chi connectivity index (χ1v) is 9.05. The van der Waals surface area contributed by atoms with Crippen LogP contribution in [0.4, 0.5) is 11.4 Å². The molecule has 0 amide bonds. The molecule has 4 heteroatoms. The molecule has 2 aromatic carbocycles. The van der Waals surface area contributed by atoms with Crippen molar-refractivity contribution in [1.29, 1.82) is 0 Å². The van der Waals surface area contributed by atoms with Gasteiger partial charge in [0.2, 0.25) is 0 Å². The van der Waals surface area contributed by atoms with Crippen LogP contribution in [0.3, 0.4) is 0 Å². The summed E-state index contributed by atoms with van der Waals surface area (Å²) in [6.07, 6.45) is 0. The summed E-state index contributed by atoms with van der Waals surface area (Å²) in [5.41, 5.74) is 6.33. The minimum Gasteiger partial charge on any atom is -0.355 e. The zero-order chi connectivity index (χ0) is 16.7. The average molecular weight is 342 g/mol. The molecule has 2 aliphatic rings. The summed E-state index contributed by atoms with van der Waals surface area (Å²) in [6, 6.07) is 13.0. The Kier molecular flexibility index (Phi) is 4.03. The molecule has 0 bridgehead atoms. The Morgan fingerprint density at radius 1 is 1.00 bits per heavy atom. The summed E-state index contributed by atoms with van der Waals surface area (Å²) in [5.74, 6) is 0. The van der Waals surface area contributed by atoms with Crippen molar-refractivity contribution in [2.75, 3.05) is 31.5 Å². The van der Waals surface area contributed by atoms with E-state index in [1.54, 1.807) is 0 Å². The Labute approximate surface area is 149 Å². The van der Waals surface area contributed by atoms with Crippen LogP contribution in [-0.4, -0.2) is 31.1 Å². The van der Waals surface area contributed by atoms with Crippen molar-refractivity contribution in [2.24, 2.45) is 0 Å². The quantitative estimate of drug-likeness (QED) is 0.860. The summed E-state index contributed by atoms with van der Waals surface area (Å²) < 4.78 is 0. The van der Waals surface area contributed by atoms with Gasteiger partial charge in [-0.05, 0) is 34.9 Å². The van der Waals surface area contributed by atoms with Crippen molar-refractivity contribution in [3.63, 3.8) is 0 Å². The van der Waals surface area contributed by atoms with Crippen LogP contribution in [0.2, 0.25) is 5.02 Å². The van der Waals surface area contributed by atoms with E-state index >= 15 is 0 Å². The predicted octanol–water partition coefficient (Wildman–Crippen LogP) is 4.13. The van der Waals surface area contributed by atoms with Crippen LogP contribution in [-0.2, 0) is 12.0 Å². The van der Waals surface area contributed by atoms with E-state index in [0.717, 1.165) is 43.4 Å². The van der Waals surface area contributed by atoms with Gasteiger partial charge < -0.3 is 10.6 Å². The number of fused-ring (bicyclic) bond motifs is 2. The number of rotatable bonds is 2. The van der Waals surface area contributed by atoms with Gasteiger partial charge in [-0.3, -0.25) is 4.90 Å². The van der Waals surface area contributed by atoms with E-state index in [2.05, 4.69) is 53.6 Å². The molecule has 4 rings (SSSR count). The molecule has 0 atom stereocenters. The van der Waals surface area contributed by atoms with Crippen molar-refractivity contribution in [1.82, 2.24) is 10.2 Å². The van der Waals surface area contributed by atoms with Gasteiger partial charge in [0.05, 0.1) is 0 Å². The summed E-state index contributed by atoms with van der Waals surface area (Å²) in [6.45, 7) is 10.00. The van der Waals surface area contributed by atoms with Gasteiger partial charge in [-0.15, -0.1) is 0 Å². The van der Waals surface area contributed by atoms with Crippen LogP contribution < -0.4 is 10.6 Å². The van der Waals surface area contributed by atoms with E-state index in [9.17, 15) is 0 Å². The van der Waals surface area contributed by atoms with E-state index in [-0.39, 0.29) is 5.41 Å². The third-order valence-corrected chi connectivity index (χ3v) is 5.53. The molecule has 2 aliphatic heterocycles. The lowest BCUT2D eigenvalue weighted by molar-refractivity contribution is 0.233. The highest BCUT2D eigenvalue weighted by atomic mass is 35.5. The molecule has 0 aromatic heterocycles. The third-order valence-electron chi connectivity index (χ3n) is 5.30. The summed E-state index contributed by atoms with van der Waals surface area (Å²) in [5, 5.41) is 7.79. The smallest absolute Gasteiger partial charge is 0.0440 e. The largest absolute Gasteiger partial charge is 0.355 e. The lowest BCUT2D eigenvalue weighted by atomic mass is 9.74. The number of anilines is 2. The van der Waals surface area contributed by atoms with Crippen LogP contribution in [0.25, 0.3) is 0 Å². The molecule has 0 saturated carbocycles. The number of halogens is 1. The van der Waals surface area contributed by atoms with E-state index in [4.69, 9.17) is 11.6 Å². The third kappa shape index (κ3) is 2.81. The Hall–Kier alpha value is -1.55. The topological polar surface area (TPSA) is 27.3 Å². The lowest BCUT2D eigenvalue weighted by Crippen LogP contribution is -2.42. The first kappa shape index (κ1) is 15.9. The van der Waals surface area contributed by atoms with Crippen molar-refractivity contribution in [2.45, 2.75) is 25.8 Å². The molecular weight excluding hydrogens is 318 g/mol. The predicted molar refractivity (Wildman–Crippen MR) is 101 cm³/mol. The van der Waals surface area contributed by atoms with Crippen LogP contribution in [0.5, 0.6) is 0 Å². The van der Waals surface area contributed by atoms with E-state index in [0.29, 0.717) is 0 Å². The van der Waals surface area contributed by atoms with E-state index in [1.807, 2.05) is 12.1 Å². The van der Waals surface area contributed by atoms with Gasteiger partial charge in [0.15, 0.2) is 0 Å². The van der Waals surface area contributed by atoms with Crippen LogP contribution in [0.15, 0.2) is 36.4 Å². The van der Waals surface area contributed by atoms with Gasteiger partial charge in [0, 0.05) is 54.5 Å². The molecule has 2 N–H and O–H groups in total. The van der Waals surface area contributed by atoms with Crippen molar-refractivity contribution in [3.8, 4) is 0 Å². The molecule has 0 aliphatic carbocycles. The SMILES string of the molecule is CC1(C)c2ccc(Cl)cc2Nc2cc(CN3CCNCC3)ccc21. The van der Waals surface area contributed by atoms with Crippen LogP contribution >= 0.6 is 11.6 Å². The Morgan fingerprint density at radius 2 is 1.67 bits per heavy atom. The average Bonchev–Trinajstić information content (AvgIpc) is 2.55. The summed E-state index contributed by atoms with van der Waals surface area (Å²) >= 11 is 6.20. The fourth-order valence-electron chi connectivity index (χ4n) is 3.92. The number of nitrogens with zero attached hydrogens (tertiary/aromatic N) is 1. The van der Waals surface area contributed by atoms with Gasteiger partial charge in [0.1, 0.15) is 0 Å². The van der Waals surface area contributed by atoms with E-state index < -0.39 is 0 Å². The zero-order valence-corrected chi connectivity index (χ0v) is 15.1. The van der Waals surface area contributed by atoms with Crippen molar-refractivity contribution >= 4 is 23.0 Å². The van der Waals surface area contributed by atoms with Gasteiger partial charge in [-0.2, -0.15) is 0 Å². The molecule has 126 valence electrons. The Balaban J connectivity index is 1.66. The van der Waals surface area contributed by atoms with Gasteiger partial charge in [-0.25, -0.2) is 0 Å². The first-order chi connectivity index (χ1) is 11.5. The monoisotopic (exact) mass is 341 g/mol. The molecule has 2 heterocycles. The second-order valence-corrected chi connectivity index (χ2v) is 7.78. The normalized spacial score (nSPS) is 19.3. The van der Waals surface area contributed by atoms with Crippen LogP contribution in [0.1, 0.15) is 30.5 Å². The Morgan fingerprint density at radius 3 is 2.42 bits per heavy atom. The zero-order valence-electron chi connectivity index (χ0n) is 14.3. The minimum absolute atomic E-state index is 0.0198. The van der Waals surface area contributed by atoms with Gasteiger partial charge in [0.25, 0.3) is 0 Å². The maximum absolute atomic E-state index is 6.20. The fraction of sp³-hybridized carbons (Fsp3) is 0.400. The maximum atomic E-state index is 6.20. The molecule has 2 aromatic rings. The second kappa shape index (κ2) is 6.07. The van der Waals surface area contributed by atoms with E-state index in [1.165, 1.54) is 22.4 Å². The van der Waals surface area contributed by atoms with Crippen molar-refractivity contribution < 1.29 is 0 Å². The first-order valence-electron chi connectivity index (χ1n) is 8.67. The number of benzene rings is 2. The maximum Gasteiger partial charge on any atom is 0.0440 e. The molecular formula is C20H24ClN3. The molecule has 1 fully saturated rings. The highest BCUT2D eigenvalue weighted by molar-refractivity contribution is 6.31. The second-order valence-electron chi connectivity index (χ2n) is 7.35. The Bertz CT molecular complexity index is 763. The highest BCUT2D eigenvalue weighted by Crippen LogP contribution is 2.46. The lowest BCUT2D eigenvalue weighted by Gasteiger charge is -2.36. The molecule has 0 radical (unpaired) electrons. The standard InChI is InChI=1S/C20H24ClN3/c1-20(2)16-5-3-14(13-24-9-7-22-8-10-24)11-18(16)23-19-12-15(21)4-6-17(19)20/h3-6,11-12,22-23H,7-10,13H2,1-2H3. The number of piperazine rings is 1. The number of hydrogen-bond acceptors (Lipinski definition) is 3. The fourth-order valence-corrected chi connectivity index (χ4v) is 4.09. The number of nitrogens with one attached hydrogen (secondary N) is 2. The summed E-state index contributed by atoms with van der Waals surface area (Å²) in [7, 11) is 0. The minimum atomic E-state index is -0.0198. The molecule has 3 nitrogen and oxygen atoms in total. The molecule has 1 saturated heterocycles. The number of hydrogen-bond donors (Lipinski definition) is 2. The molecule has 24 heavy (non-hydrogen) atoms. The van der Waals surface area contributed by atoms with Crippen LogP contribution in [0, 0.1) is 0 Å². The molecule has 0 spiro atoms. The van der Waals surface area contributed by atoms with Gasteiger partial charge >= 0.3 is 0 Å². The highest BCUT2D eigenvalue weighted by Gasteiger charge is 2.32. The molecule has 0 unspecified atom stereocenters.